The van der Waals surface area contributed by atoms with Gasteiger partial charge < -0.3 is 5.32 Å². The van der Waals surface area contributed by atoms with Crippen molar-refractivity contribution >= 4 is 5.91 Å². The second-order valence-corrected chi connectivity index (χ2v) is 5.06. The SMILES string of the molecule is O=C(NCC1(c2ccccc2)CC1)c1ccncc1. The summed E-state index contributed by atoms with van der Waals surface area (Å²) in [6.45, 7) is 0.707. The lowest BCUT2D eigenvalue weighted by atomic mass is 9.96. The molecule has 1 saturated carbocycles. The molecule has 0 radical (unpaired) electrons. The lowest BCUT2D eigenvalue weighted by molar-refractivity contribution is 0.0949. The van der Waals surface area contributed by atoms with Gasteiger partial charge in [0.1, 0.15) is 0 Å². The lowest BCUT2D eigenvalue weighted by Crippen LogP contribution is -2.32. The second kappa shape index (κ2) is 4.84. The molecule has 0 atom stereocenters. The maximum atomic E-state index is 12.0. The molecule has 1 aromatic heterocycles. The lowest BCUT2D eigenvalue weighted by Gasteiger charge is -2.16. The topological polar surface area (TPSA) is 42.0 Å². The molecule has 0 spiro atoms. The Labute approximate surface area is 112 Å². The highest BCUT2D eigenvalue weighted by molar-refractivity contribution is 5.94. The van der Waals surface area contributed by atoms with Crippen LogP contribution in [0.2, 0.25) is 0 Å². The average molecular weight is 252 g/mol. The molecule has 19 heavy (non-hydrogen) atoms. The standard InChI is InChI=1S/C16H16N2O/c19-15(13-6-10-17-11-7-13)18-12-16(8-9-16)14-4-2-1-3-5-14/h1-7,10-11H,8-9,12H2,(H,18,19). The van der Waals surface area contributed by atoms with E-state index >= 15 is 0 Å². The normalized spacial score (nSPS) is 15.8. The van der Waals surface area contributed by atoms with Crippen molar-refractivity contribution < 1.29 is 4.79 Å². The van der Waals surface area contributed by atoms with Crippen LogP contribution in [0.25, 0.3) is 0 Å². The van der Waals surface area contributed by atoms with Gasteiger partial charge in [-0.15, -0.1) is 0 Å². The summed E-state index contributed by atoms with van der Waals surface area (Å²) in [7, 11) is 0. The molecular weight excluding hydrogens is 236 g/mol. The molecule has 0 unspecified atom stereocenters. The minimum Gasteiger partial charge on any atom is -0.351 e. The quantitative estimate of drug-likeness (QED) is 0.908. The van der Waals surface area contributed by atoms with E-state index in [9.17, 15) is 4.79 Å². The van der Waals surface area contributed by atoms with Gasteiger partial charge in [0.2, 0.25) is 0 Å². The van der Waals surface area contributed by atoms with Crippen LogP contribution in [0.3, 0.4) is 0 Å². The van der Waals surface area contributed by atoms with Crippen LogP contribution in [0.1, 0.15) is 28.8 Å². The van der Waals surface area contributed by atoms with Gasteiger partial charge in [-0.3, -0.25) is 9.78 Å². The first kappa shape index (κ1) is 11.9. The molecule has 1 fully saturated rings. The second-order valence-electron chi connectivity index (χ2n) is 5.06. The molecule has 1 amide bonds. The summed E-state index contributed by atoms with van der Waals surface area (Å²) in [6, 6.07) is 13.9. The number of rotatable bonds is 4. The molecule has 1 aromatic carbocycles. The van der Waals surface area contributed by atoms with E-state index in [4.69, 9.17) is 0 Å². The Hall–Kier alpha value is -2.16. The number of hydrogen-bond donors (Lipinski definition) is 1. The zero-order chi connectivity index (χ0) is 13.1. The van der Waals surface area contributed by atoms with Crippen molar-refractivity contribution in [3.05, 3.63) is 66.0 Å². The number of benzene rings is 1. The highest BCUT2D eigenvalue weighted by atomic mass is 16.1. The monoisotopic (exact) mass is 252 g/mol. The molecule has 3 heteroatoms. The molecular formula is C16H16N2O. The molecule has 1 aliphatic rings. The van der Waals surface area contributed by atoms with Gasteiger partial charge in [0.05, 0.1) is 0 Å². The van der Waals surface area contributed by atoms with Crippen LogP contribution in [0, 0.1) is 0 Å². The number of hydrogen-bond acceptors (Lipinski definition) is 2. The van der Waals surface area contributed by atoms with E-state index < -0.39 is 0 Å². The summed E-state index contributed by atoms with van der Waals surface area (Å²) < 4.78 is 0. The Morgan fingerprint density at radius 3 is 2.42 bits per heavy atom. The minimum atomic E-state index is -0.0235. The zero-order valence-corrected chi connectivity index (χ0v) is 10.7. The molecule has 0 bridgehead atoms. The minimum absolute atomic E-state index is 0.0235. The van der Waals surface area contributed by atoms with Crippen LogP contribution < -0.4 is 5.32 Å². The Kier molecular flexibility index (Phi) is 3.03. The summed E-state index contributed by atoms with van der Waals surface area (Å²) >= 11 is 0. The maximum Gasteiger partial charge on any atom is 0.251 e. The third-order valence-corrected chi connectivity index (χ3v) is 3.77. The molecule has 1 heterocycles. The fraction of sp³-hybridized carbons (Fsp3) is 0.250. The van der Waals surface area contributed by atoms with Crippen LogP contribution in [0.15, 0.2) is 54.9 Å². The summed E-state index contributed by atoms with van der Waals surface area (Å²) in [6.07, 6.45) is 5.57. The molecule has 1 aliphatic carbocycles. The van der Waals surface area contributed by atoms with Gasteiger partial charge in [0, 0.05) is 29.9 Å². The van der Waals surface area contributed by atoms with Crippen LogP contribution in [-0.2, 0) is 5.41 Å². The van der Waals surface area contributed by atoms with Crippen LogP contribution in [-0.4, -0.2) is 17.4 Å². The number of nitrogens with zero attached hydrogens (tertiary/aromatic N) is 1. The van der Waals surface area contributed by atoms with E-state index in [-0.39, 0.29) is 11.3 Å². The van der Waals surface area contributed by atoms with Gasteiger partial charge in [0.25, 0.3) is 5.91 Å². The van der Waals surface area contributed by atoms with Gasteiger partial charge in [-0.25, -0.2) is 0 Å². The highest BCUT2D eigenvalue weighted by Gasteiger charge is 2.44. The molecule has 1 N–H and O–H groups in total. The van der Waals surface area contributed by atoms with E-state index in [0.717, 1.165) is 12.8 Å². The highest BCUT2D eigenvalue weighted by Crippen LogP contribution is 2.47. The first-order chi connectivity index (χ1) is 9.30. The number of aromatic nitrogens is 1. The van der Waals surface area contributed by atoms with E-state index in [1.807, 2.05) is 6.07 Å². The zero-order valence-electron chi connectivity index (χ0n) is 10.7. The molecule has 3 nitrogen and oxygen atoms in total. The van der Waals surface area contributed by atoms with Crippen molar-refractivity contribution in [1.29, 1.82) is 0 Å². The number of nitrogens with one attached hydrogen (secondary N) is 1. The number of amides is 1. The first-order valence-electron chi connectivity index (χ1n) is 6.54. The van der Waals surface area contributed by atoms with Crippen molar-refractivity contribution in [3.63, 3.8) is 0 Å². The van der Waals surface area contributed by atoms with Gasteiger partial charge in [-0.05, 0) is 30.5 Å². The summed E-state index contributed by atoms with van der Waals surface area (Å²) in [5.41, 5.74) is 2.15. The van der Waals surface area contributed by atoms with E-state index in [1.54, 1.807) is 24.5 Å². The molecule has 0 saturated heterocycles. The molecule has 2 aromatic rings. The summed E-state index contributed by atoms with van der Waals surface area (Å²) in [4.78, 5) is 15.9. The van der Waals surface area contributed by atoms with Crippen molar-refractivity contribution in [3.8, 4) is 0 Å². The third-order valence-electron chi connectivity index (χ3n) is 3.77. The summed E-state index contributed by atoms with van der Waals surface area (Å²) in [5, 5.41) is 3.03. The fourth-order valence-corrected chi connectivity index (χ4v) is 2.36. The smallest absolute Gasteiger partial charge is 0.251 e. The Morgan fingerprint density at radius 1 is 1.11 bits per heavy atom. The maximum absolute atomic E-state index is 12.0. The molecule has 0 aliphatic heterocycles. The van der Waals surface area contributed by atoms with Gasteiger partial charge in [-0.1, -0.05) is 30.3 Å². The van der Waals surface area contributed by atoms with E-state index in [1.165, 1.54) is 5.56 Å². The third kappa shape index (κ3) is 2.50. The van der Waals surface area contributed by atoms with Gasteiger partial charge in [-0.2, -0.15) is 0 Å². The van der Waals surface area contributed by atoms with Crippen molar-refractivity contribution in [2.75, 3.05) is 6.54 Å². The summed E-state index contributed by atoms with van der Waals surface area (Å²) in [5.74, 6) is -0.0235. The largest absolute Gasteiger partial charge is 0.351 e. The Bertz CT molecular complexity index is 562. The van der Waals surface area contributed by atoms with Crippen LogP contribution >= 0.6 is 0 Å². The number of pyridine rings is 1. The van der Waals surface area contributed by atoms with E-state index in [2.05, 4.69) is 34.6 Å². The van der Waals surface area contributed by atoms with Crippen LogP contribution in [0.4, 0.5) is 0 Å². The van der Waals surface area contributed by atoms with Gasteiger partial charge in [0.15, 0.2) is 0 Å². The molecule has 3 rings (SSSR count). The predicted molar refractivity (Wildman–Crippen MR) is 73.9 cm³/mol. The van der Waals surface area contributed by atoms with Crippen molar-refractivity contribution in [2.24, 2.45) is 0 Å². The Morgan fingerprint density at radius 2 is 1.79 bits per heavy atom. The van der Waals surface area contributed by atoms with Gasteiger partial charge >= 0.3 is 0 Å². The predicted octanol–water partition coefficient (Wildman–Crippen LogP) is 2.54. The van der Waals surface area contributed by atoms with Crippen molar-refractivity contribution in [1.82, 2.24) is 10.3 Å². The van der Waals surface area contributed by atoms with Crippen LogP contribution in [0.5, 0.6) is 0 Å². The fourth-order valence-electron chi connectivity index (χ4n) is 2.36. The number of carbonyl (C=O) groups excluding carboxylic acids is 1. The first-order valence-corrected chi connectivity index (χ1v) is 6.54. The van der Waals surface area contributed by atoms with Crippen molar-refractivity contribution in [2.45, 2.75) is 18.3 Å². The number of carbonyl (C=O) groups is 1. The van der Waals surface area contributed by atoms with E-state index in [0.29, 0.717) is 12.1 Å². The average Bonchev–Trinajstić information content (AvgIpc) is 3.28. The Balaban J connectivity index is 1.66. The molecule has 96 valence electrons.